The highest BCUT2D eigenvalue weighted by molar-refractivity contribution is 5.89. The predicted molar refractivity (Wildman–Crippen MR) is 208 cm³/mol. The van der Waals surface area contributed by atoms with E-state index in [1.807, 2.05) is 50.1 Å². The van der Waals surface area contributed by atoms with Crippen molar-refractivity contribution in [2.45, 2.75) is 98.6 Å². The van der Waals surface area contributed by atoms with Crippen LogP contribution < -0.4 is 20.7 Å². The van der Waals surface area contributed by atoms with Gasteiger partial charge in [-0.25, -0.2) is 0 Å². The van der Waals surface area contributed by atoms with Gasteiger partial charge in [0.1, 0.15) is 11.9 Å². The van der Waals surface area contributed by atoms with Crippen molar-refractivity contribution in [3.63, 3.8) is 0 Å². The van der Waals surface area contributed by atoms with Gasteiger partial charge in [0.15, 0.2) is 5.60 Å². The van der Waals surface area contributed by atoms with Crippen LogP contribution in [-0.2, 0) is 19.7 Å². The van der Waals surface area contributed by atoms with Crippen molar-refractivity contribution in [1.29, 1.82) is 0 Å². The SMILES string of the molecule is CC[C@]1(O)C[C@H]2CN(CCC3c4ccccc4NC3[C@H](C(=O)OC)[C@H]2c2cc3c(cc2OC)N(C)[C@H]2[C@@](O)(C(N)=O)[C@H](O)[C@]4(CC)C=CCN5CC[C@]32[C@@H]54)C1. The van der Waals surface area contributed by atoms with Gasteiger partial charge in [-0.2, -0.15) is 0 Å². The fourth-order valence-electron chi connectivity index (χ4n) is 13.5. The Labute approximate surface area is 323 Å². The normalized spacial score (nSPS) is 42.4. The summed E-state index contributed by atoms with van der Waals surface area (Å²) in [4.78, 5) is 35.0. The van der Waals surface area contributed by atoms with E-state index in [-0.39, 0.29) is 29.9 Å². The number of carbonyl (C=O) groups excluding carboxylic acids is 2. The Balaban J connectivity index is 1.30. The standard InChI is InChI=1S/C43H57N5O7/c1-6-40(52)21-24-22-47(23-40)17-13-26-25-11-8-9-12-29(25)45-34(26)33(35(49)55-5)32(24)27-19-28-30(20-31(27)54-4)46(3)37-42(28)15-18-48-16-10-14-41(7-2,36(42)48)38(50)43(37,53)39(44)51/h8-12,14,19-20,24,26,32-34,36-38,45,50,52-53H,6-7,13,15-18,21-23H2,1-5H3,(H2,44,51)/t24-,26?,32+,33+,34?,36-,37+,38+,40-,41+,42+,43-/m0/s1. The fourth-order valence-corrected chi connectivity index (χ4v) is 13.5. The van der Waals surface area contributed by atoms with Crippen LogP contribution in [0, 0.1) is 17.3 Å². The number of ether oxygens (including phenoxy) is 2. The molecule has 3 saturated heterocycles. The highest BCUT2D eigenvalue weighted by Crippen LogP contribution is 2.67. The lowest BCUT2D eigenvalue weighted by Crippen LogP contribution is -2.81. The molecule has 6 heterocycles. The van der Waals surface area contributed by atoms with E-state index in [1.165, 1.54) is 12.7 Å². The maximum absolute atomic E-state index is 14.6. The molecule has 2 aromatic rings. The number of esters is 1. The molecular weight excluding hydrogens is 699 g/mol. The second-order valence-electron chi connectivity index (χ2n) is 17.8. The molecule has 2 aromatic carbocycles. The highest BCUT2D eigenvalue weighted by Gasteiger charge is 2.78. The lowest BCUT2D eigenvalue weighted by atomic mass is 9.47. The van der Waals surface area contributed by atoms with E-state index in [9.17, 15) is 24.9 Å². The number of para-hydroxylation sites is 1. The fraction of sp³-hybridized carbons (Fsp3) is 0.628. The average molecular weight is 756 g/mol. The number of aliphatic hydroxyl groups excluding tert-OH is 1. The molecule has 9 rings (SSSR count). The molecule has 6 N–H and O–H groups in total. The molecule has 7 aliphatic rings. The molecular formula is C43H57N5O7. The van der Waals surface area contributed by atoms with Crippen molar-refractivity contribution < 1.29 is 34.4 Å². The third-order valence-corrected chi connectivity index (χ3v) is 15.7. The Kier molecular flexibility index (Phi) is 8.50. The molecule has 4 fully saturated rings. The number of hydrogen-bond donors (Lipinski definition) is 5. The van der Waals surface area contributed by atoms with Crippen molar-refractivity contribution in [2.75, 3.05) is 64.2 Å². The van der Waals surface area contributed by atoms with Crippen LogP contribution in [0.5, 0.6) is 5.75 Å². The van der Waals surface area contributed by atoms with Crippen molar-refractivity contribution in [3.8, 4) is 5.75 Å². The number of nitrogens with one attached hydrogen (secondary N) is 1. The number of carbonyl (C=O) groups is 2. The molecule has 12 heteroatoms. The molecule has 0 radical (unpaired) electrons. The lowest BCUT2D eigenvalue weighted by Gasteiger charge is -2.63. The van der Waals surface area contributed by atoms with E-state index >= 15 is 0 Å². The van der Waals surface area contributed by atoms with Crippen molar-refractivity contribution in [2.24, 2.45) is 23.0 Å². The number of aliphatic hydroxyl groups is 3. The molecule has 13 atom stereocenters. The minimum absolute atomic E-state index is 0.0272. The number of nitrogens with zero attached hydrogens (tertiary/aromatic N) is 3. The average Bonchev–Trinajstić information content (AvgIpc) is 3.84. The molecule has 1 amide bonds. The molecule has 12 nitrogen and oxygen atoms in total. The van der Waals surface area contributed by atoms with Crippen molar-refractivity contribution >= 4 is 23.3 Å². The first-order valence-electron chi connectivity index (χ1n) is 20.3. The van der Waals surface area contributed by atoms with Gasteiger partial charge >= 0.3 is 5.97 Å². The molecule has 55 heavy (non-hydrogen) atoms. The first-order chi connectivity index (χ1) is 26.3. The molecule has 1 aliphatic carbocycles. The van der Waals surface area contributed by atoms with Crippen molar-refractivity contribution in [3.05, 3.63) is 65.2 Å². The topological polar surface area (TPSA) is 161 Å². The number of fused-ring (bicyclic) bond motifs is 6. The zero-order valence-corrected chi connectivity index (χ0v) is 32.7. The Bertz CT molecular complexity index is 1940. The summed E-state index contributed by atoms with van der Waals surface area (Å²) in [5, 5.41) is 40.9. The second-order valence-corrected chi connectivity index (χ2v) is 17.8. The van der Waals surface area contributed by atoms with Crippen LogP contribution in [0.3, 0.4) is 0 Å². The summed E-state index contributed by atoms with van der Waals surface area (Å²) in [6, 6.07) is 11.2. The lowest BCUT2D eigenvalue weighted by molar-refractivity contribution is -0.201. The molecule has 0 aromatic heterocycles. The number of rotatable bonds is 6. The largest absolute Gasteiger partial charge is 0.496 e. The van der Waals surface area contributed by atoms with Gasteiger partial charge in [0.25, 0.3) is 5.91 Å². The van der Waals surface area contributed by atoms with Gasteiger partial charge in [-0.3, -0.25) is 14.5 Å². The summed E-state index contributed by atoms with van der Waals surface area (Å²) >= 11 is 0. The van der Waals surface area contributed by atoms with Crippen LogP contribution >= 0.6 is 0 Å². The Morgan fingerprint density at radius 3 is 2.55 bits per heavy atom. The van der Waals surface area contributed by atoms with Gasteiger partial charge in [-0.1, -0.05) is 44.2 Å². The van der Waals surface area contributed by atoms with Gasteiger partial charge in [0.2, 0.25) is 0 Å². The Morgan fingerprint density at radius 1 is 1.05 bits per heavy atom. The zero-order chi connectivity index (χ0) is 38.8. The maximum atomic E-state index is 14.6. The number of anilines is 2. The quantitative estimate of drug-likeness (QED) is 0.218. The molecule has 2 bridgehead atoms. The summed E-state index contributed by atoms with van der Waals surface area (Å²) in [6.45, 7) is 7.50. The minimum Gasteiger partial charge on any atom is -0.496 e. The molecule has 1 saturated carbocycles. The van der Waals surface area contributed by atoms with E-state index in [1.54, 1.807) is 7.11 Å². The first-order valence-corrected chi connectivity index (χ1v) is 20.3. The third-order valence-electron chi connectivity index (χ3n) is 15.7. The summed E-state index contributed by atoms with van der Waals surface area (Å²) in [6.07, 6.45) is 5.67. The number of amides is 1. The molecule has 296 valence electrons. The zero-order valence-electron chi connectivity index (χ0n) is 32.7. The molecule has 3 unspecified atom stereocenters. The number of nitrogens with two attached hydrogens (primary N) is 1. The Hall–Kier alpha value is -3.68. The van der Waals surface area contributed by atoms with Gasteiger partial charge in [-0.15, -0.1) is 0 Å². The summed E-state index contributed by atoms with van der Waals surface area (Å²) in [5.41, 5.74) is 6.04. The highest BCUT2D eigenvalue weighted by atomic mass is 16.5. The smallest absolute Gasteiger partial charge is 0.311 e. The number of piperidine rings is 1. The van der Waals surface area contributed by atoms with E-state index < -0.39 is 51.9 Å². The summed E-state index contributed by atoms with van der Waals surface area (Å²) in [5.74, 6) is -1.87. The van der Waals surface area contributed by atoms with E-state index in [2.05, 4.69) is 39.4 Å². The second kappa shape index (κ2) is 12.7. The van der Waals surface area contributed by atoms with Crippen LogP contribution in [0.15, 0.2) is 48.6 Å². The number of benzene rings is 2. The van der Waals surface area contributed by atoms with Crippen molar-refractivity contribution in [1.82, 2.24) is 9.80 Å². The minimum atomic E-state index is -2.27. The van der Waals surface area contributed by atoms with Crippen LogP contribution in [0.1, 0.15) is 74.5 Å². The van der Waals surface area contributed by atoms with Gasteiger partial charge in [0.05, 0.1) is 31.8 Å². The molecule has 6 aliphatic heterocycles. The monoisotopic (exact) mass is 755 g/mol. The van der Waals surface area contributed by atoms with Gasteiger partial charge in [0, 0.05) is 78.9 Å². The van der Waals surface area contributed by atoms with Crippen LogP contribution in [0.2, 0.25) is 0 Å². The maximum Gasteiger partial charge on any atom is 0.311 e. The number of methoxy groups -OCH3 is 2. The van der Waals surface area contributed by atoms with E-state index in [0.29, 0.717) is 57.6 Å². The van der Waals surface area contributed by atoms with Crippen LogP contribution in [-0.4, -0.2) is 126 Å². The number of likely N-dealkylation sites (N-methyl/N-ethyl adjacent to an activating group) is 1. The first kappa shape index (κ1) is 36.9. The van der Waals surface area contributed by atoms with Gasteiger partial charge < -0.3 is 45.6 Å². The summed E-state index contributed by atoms with van der Waals surface area (Å²) < 4.78 is 12.1. The molecule has 1 spiro atoms. The van der Waals surface area contributed by atoms with E-state index in [4.69, 9.17) is 15.2 Å². The van der Waals surface area contributed by atoms with Gasteiger partial charge in [-0.05, 0) is 79.9 Å². The third kappa shape index (κ3) is 4.75. The van der Waals surface area contributed by atoms with E-state index in [0.717, 1.165) is 35.5 Å². The number of hydrogen-bond acceptors (Lipinski definition) is 11. The predicted octanol–water partition coefficient (Wildman–Crippen LogP) is 2.70. The van der Waals surface area contributed by atoms with Crippen LogP contribution in [0.4, 0.5) is 11.4 Å². The Morgan fingerprint density at radius 2 is 1.84 bits per heavy atom. The number of primary amides is 1. The summed E-state index contributed by atoms with van der Waals surface area (Å²) in [7, 11) is 4.98. The van der Waals surface area contributed by atoms with Crippen LogP contribution in [0.25, 0.3) is 0 Å².